The van der Waals surface area contributed by atoms with Crippen LogP contribution >= 0.6 is 46.2 Å². The number of thiazole rings is 1. The normalized spacial score (nSPS) is 20.0. The Bertz CT molecular complexity index is 1120. The van der Waals surface area contributed by atoms with Gasteiger partial charge in [-0.25, -0.2) is 4.98 Å². The van der Waals surface area contributed by atoms with Crippen molar-refractivity contribution < 1.29 is 53.9 Å². The van der Waals surface area contributed by atoms with E-state index >= 15 is 0 Å². The minimum absolute atomic E-state index is 0. The first-order valence-electron chi connectivity index (χ1n) is 8.81. The number of fused-ring (bicyclic) bond motifs is 1. The van der Waals surface area contributed by atoms with Crippen LogP contribution in [0.15, 0.2) is 31.7 Å². The van der Waals surface area contributed by atoms with Crippen LogP contribution in [0.5, 0.6) is 0 Å². The second-order valence-electron chi connectivity index (χ2n) is 6.29. The van der Waals surface area contributed by atoms with Crippen molar-refractivity contribution in [3.05, 3.63) is 27.9 Å². The average Bonchev–Trinajstić information content (AvgIpc) is 3.45. The summed E-state index contributed by atoms with van der Waals surface area (Å²) in [4.78, 5) is 47.2. The molecule has 1 saturated heterocycles. The number of nitrogen functional groups attached to an aromatic ring is 1. The van der Waals surface area contributed by atoms with Crippen LogP contribution < -0.4 is 45.7 Å². The summed E-state index contributed by atoms with van der Waals surface area (Å²) in [6.07, 6.45) is 0. The Morgan fingerprint density at radius 2 is 2.24 bits per heavy atom. The number of carboxylic acids is 1. The first-order chi connectivity index (χ1) is 15.4. The number of rotatable bonds is 8. The second-order valence-corrected chi connectivity index (χ2v) is 10.3. The van der Waals surface area contributed by atoms with Crippen LogP contribution in [-0.4, -0.2) is 73.6 Å². The molecule has 1 fully saturated rings. The predicted molar refractivity (Wildman–Crippen MR) is 118 cm³/mol. The van der Waals surface area contributed by atoms with Gasteiger partial charge in [-0.3, -0.25) is 14.5 Å². The molecular formula is C16H14N7NaO5S4. The number of oxime groups is 1. The summed E-state index contributed by atoms with van der Waals surface area (Å²) in [7, 11) is 1.27. The third-order valence-corrected chi connectivity index (χ3v) is 8.36. The Kier molecular flexibility index (Phi) is 8.76. The molecular weight excluding hydrogens is 521 g/mol. The van der Waals surface area contributed by atoms with Gasteiger partial charge in [0, 0.05) is 16.9 Å². The smallest absolute Gasteiger partial charge is 0.543 e. The molecule has 0 saturated carbocycles. The number of hydrogen-bond donors (Lipinski definition) is 2. The third kappa shape index (κ3) is 5.36. The van der Waals surface area contributed by atoms with Gasteiger partial charge in [0.15, 0.2) is 15.2 Å². The molecule has 1 unspecified atom stereocenters. The van der Waals surface area contributed by atoms with Gasteiger partial charge >= 0.3 is 29.6 Å². The standard InChI is InChI=1S/C16H15N7O5S4.Na/c1-28-22-8(7-4-30-15(17)19-7)11(24)20-9-12(25)23-10(14(26)27)6(2-29-13(9)23)3-31-16-21-18-5-32-16;/h4-5,9,13H,2-3H2,1H3,(H2,17,19)(H,20,24)(H,26,27);/q;+1/p-1/t9?,13-;/m0./s1. The number of aromatic nitrogens is 3. The van der Waals surface area contributed by atoms with Gasteiger partial charge in [-0.15, -0.1) is 33.3 Å². The van der Waals surface area contributed by atoms with Gasteiger partial charge in [-0.2, -0.15) is 0 Å². The molecule has 4 heterocycles. The van der Waals surface area contributed by atoms with E-state index in [1.807, 2.05) is 0 Å². The zero-order chi connectivity index (χ0) is 22.8. The van der Waals surface area contributed by atoms with Crippen LogP contribution in [0.1, 0.15) is 5.69 Å². The summed E-state index contributed by atoms with van der Waals surface area (Å²) in [5.74, 6) is -2.00. The van der Waals surface area contributed by atoms with Crippen molar-refractivity contribution in [1.29, 1.82) is 0 Å². The number of carboxylic acid groups (broad SMARTS) is 1. The predicted octanol–water partition coefficient (Wildman–Crippen LogP) is -3.87. The van der Waals surface area contributed by atoms with Crippen molar-refractivity contribution >= 4 is 74.8 Å². The number of carbonyl (C=O) groups is 3. The average molecular weight is 536 g/mol. The van der Waals surface area contributed by atoms with Crippen LogP contribution in [0.2, 0.25) is 0 Å². The largest absolute Gasteiger partial charge is 1.00 e. The molecule has 0 radical (unpaired) electrons. The van der Waals surface area contributed by atoms with Crippen LogP contribution in [-0.2, 0) is 19.2 Å². The maximum atomic E-state index is 12.8. The SMILES string of the molecule is CON=C(C(=O)NC1C(=O)N2C(C(=O)[O-])=C(CSc3nncs3)CS[C@@H]12)c1csc(N)n1.[Na+]. The number of aliphatic carboxylic acids is 1. The third-order valence-electron chi connectivity index (χ3n) is 4.40. The molecule has 4 rings (SSSR count). The van der Waals surface area contributed by atoms with E-state index in [9.17, 15) is 19.5 Å². The quantitative estimate of drug-likeness (QED) is 0.111. The Labute approximate surface area is 225 Å². The van der Waals surface area contributed by atoms with Gasteiger partial charge in [0.2, 0.25) is 0 Å². The van der Waals surface area contributed by atoms with E-state index in [1.54, 1.807) is 5.51 Å². The van der Waals surface area contributed by atoms with Crippen LogP contribution in [0, 0.1) is 0 Å². The van der Waals surface area contributed by atoms with E-state index in [1.165, 1.54) is 47.4 Å². The molecule has 2 atom stereocenters. The molecule has 33 heavy (non-hydrogen) atoms. The van der Waals surface area contributed by atoms with E-state index < -0.39 is 29.2 Å². The summed E-state index contributed by atoms with van der Waals surface area (Å²) in [6.45, 7) is 0. The molecule has 2 aromatic heterocycles. The molecule has 2 aromatic rings. The van der Waals surface area contributed by atoms with E-state index in [0.717, 1.165) is 16.2 Å². The van der Waals surface area contributed by atoms with Crippen molar-refractivity contribution in [2.75, 3.05) is 24.3 Å². The summed E-state index contributed by atoms with van der Waals surface area (Å²) >= 11 is 5.14. The second kappa shape index (κ2) is 11.2. The van der Waals surface area contributed by atoms with Crippen LogP contribution in [0.25, 0.3) is 0 Å². The number of carbonyl (C=O) groups excluding carboxylic acids is 3. The maximum Gasteiger partial charge on any atom is 1.00 e. The molecule has 2 amide bonds. The molecule has 2 aliphatic heterocycles. The fourth-order valence-electron chi connectivity index (χ4n) is 3.06. The number of nitrogens with two attached hydrogens (primary N) is 1. The molecule has 2 aliphatic rings. The summed E-state index contributed by atoms with van der Waals surface area (Å²) in [5.41, 5.74) is 7.64. The Morgan fingerprint density at radius 1 is 1.45 bits per heavy atom. The minimum Gasteiger partial charge on any atom is -0.543 e. The molecule has 12 nitrogen and oxygen atoms in total. The number of thioether (sulfide) groups is 2. The first-order valence-corrected chi connectivity index (χ1v) is 12.6. The summed E-state index contributed by atoms with van der Waals surface area (Å²) < 4.78 is 0.690. The monoisotopic (exact) mass is 535 g/mol. The molecule has 0 bridgehead atoms. The van der Waals surface area contributed by atoms with Gasteiger partial charge in [0.1, 0.15) is 29.7 Å². The van der Waals surface area contributed by atoms with E-state index in [2.05, 4.69) is 25.7 Å². The van der Waals surface area contributed by atoms with Crippen molar-refractivity contribution in [2.24, 2.45) is 5.16 Å². The van der Waals surface area contributed by atoms with Gasteiger partial charge in [0.25, 0.3) is 11.8 Å². The summed E-state index contributed by atoms with van der Waals surface area (Å²) in [5, 5.41) is 27.0. The molecule has 0 aliphatic carbocycles. The fraction of sp³-hybridized carbons (Fsp3) is 0.312. The molecule has 0 aromatic carbocycles. The Morgan fingerprint density at radius 3 is 2.85 bits per heavy atom. The number of anilines is 1. The van der Waals surface area contributed by atoms with Gasteiger partial charge < -0.3 is 25.8 Å². The first kappa shape index (κ1) is 25.9. The maximum absolute atomic E-state index is 12.8. The summed E-state index contributed by atoms with van der Waals surface area (Å²) in [6, 6.07) is -0.933. The number of nitrogens with zero attached hydrogens (tertiary/aromatic N) is 5. The number of amides is 2. The molecule has 0 spiro atoms. The molecule has 3 N–H and O–H groups in total. The van der Waals surface area contributed by atoms with Crippen molar-refractivity contribution in [1.82, 2.24) is 25.4 Å². The number of hydrogen-bond acceptors (Lipinski definition) is 14. The minimum atomic E-state index is -1.44. The van der Waals surface area contributed by atoms with Gasteiger partial charge in [-0.05, 0) is 5.57 Å². The van der Waals surface area contributed by atoms with E-state index in [4.69, 9.17) is 10.6 Å². The Balaban J connectivity index is 0.00000306. The number of nitrogens with one attached hydrogen (secondary N) is 1. The zero-order valence-corrected chi connectivity index (χ0v) is 22.5. The van der Waals surface area contributed by atoms with Gasteiger partial charge in [0.05, 0.1) is 11.7 Å². The fourth-order valence-corrected chi connectivity index (χ4v) is 6.58. The van der Waals surface area contributed by atoms with Crippen molar-refractivity contribution in [3.63, 3.8) is 0 Å². The van der Waals surface area contributed by atoms with Crippen LogP contribution in [0.4, 0.5) is 5.13 Å². The van der Waals surface area contributed by atoms with E-state index in [-0.39, 0.29) is 51.8 Å². The van der Waals surface area contributed by atoms with Crippen molar-refractivity contribution in [2.45, 2.75) is 15.8 Å². The van der Waals surface area contributed by atoms with Crippen molar-refractivity contribution in [3.8, 4) is 0 Å². The van der Waals surface area contributed by atoms with Gasteiger partial charge in [-0.1, -0.05) is 28.3 Å². The van der Waals surface area contributed by atoms with Crippen LogP contribution in [0.3, 0.4) is 0 Å². The zero-order valence-electron chi connectivity index (χ0n) is 17.2. The number of β-lactam (4-membered cyclic amide) rings is 1. The topological polar surface area (TPSA) is 176 Å². The van der Waals surface area contributed by atoms with E-state index in [0.29, 0.717) is 21.4 Å². The Hall–Kier alpha value is -1.69. The molecule has 17 heteroatoms. The molecule has 168 valence electrons.